The third-order valence-electron chi connectivity index (χ3n) is 2.71. The summed E-state index contributed by atoms with van der Waals surface area (Å²) in [5, 5.41) is 3.26. The summed E-state index contributed by atoms with van der Waals surface area (Å²) >= 11 is 2.02. The lowest BCUT2D eigenvalue weighted by Crippen LogP contribution is -2.21. The van der Waals surface area contributed by atoms with Gasteiger partial charge in [0.25, 0.3) is 0 Å². The van der Waals surface area contributed by atoms with Crippen molar-refractivity contribution >= 4 is 11.8 Å². The first kappa shape index (κ1) is 12.6. The van der Waals surface area contributed by atoms with Gasteiger partial charge in [-0.1, -0.05) is 24.3 Å². The molecule has 84 valence electrons. The van der Waals surface area contributed by atoms with Crippen LogP contribution in [0.2, 0.25) is 0 Å². The van der Waals surface area contributed by atoms with E-state index >= 15 is 0 Å². The number of hydrogen-bond donors (Lipinski definition) is 1. The van der Waals surface area contributed by atoms with E-state index in [0.29, 0.717) is 6.04 Å². The van der Waals surface area contributed by atoms with Crippen LogP contribution in [0, 0.1) is 6.92 Å². The molecule has 1 aromatic carbocycles. The van der Waals surface area contributed by atoms with Crippen LogP contribution in [0.3, 0.4) is 0 Å². The van der Waals surface area contributed by atoms with E-state index in [-0.39, 0.29) is 0 Å². The molecule has 1 unspecified atom stereocenters. The quantitative estimate of drug-likeness (QED) is 0.743. The lowest BCUT2D eigenvalue weighted by Gasteiger charge is -2.09. The smallest absolute Gasteiger partial charge is 0.0187 e. The Morgan fingerprint density at radius 1 is 1.33 bits per heavy atom. The maximum Gasteiger partial charge on any atom is 0.0187 e. The van der Waals surface area contributed by atoms with Gasteiger partial charge in [0.2, 0.25) is 0 Å². The monoisotopic (exact) mass is 223 g/mol. The van der Waals surface area contributed by atoms with Crippen LogP contribution in [0.5, 0.6) is 0 Å². The molecule has 0 radical (unpaired) electrons. The van der Waals surface area contributed by atoms with Crippen LogP contribution in [-0.2, 0) is 5.75 Å². The Labute approximate surface area is 97.7 Å². The summed E-state index contributed by atoms with van der Waals surface area (Å²) in [5.41, 5.74) is 2.88. The van der Waals surface area contributed by atoms with Gasteiger partial charge in [-0.2, -0.15) is 11.8 Å². The average molecular weight is 223 g/mol. The fourth-order valence-electron chi connectivity index (χ4n) is 1.36. The molecule has 0 fully saturated rings. The van der Waals surface area contributed by atoms with Crippen LogP contribution in [0.15, 0.2) is 24.3 Å². The molecular weight excluding hydrogens is 202 g/mol. The van der Waals surface area contributed by atoms with Gasteiger partial charge in [0.1, 0.15) is 0 Å². The summed E-state index contributed by atoms with van der Waals surface area (Å²) in [6.45, 7) is 4.42. The van der Waals surface area contributed by atoms with E-state index in [4.69, 9.17) is 0 Å². The first-order chi connectivity index (χ1) is 7.24. The highest BCUT2D eigenvalue weighted by Gasteiger charge is 1.99. The molecule has 1 atom stereocenters. The molecule has 0 saturated carbocycles. The molecule has 0 saturated heterocycles. The lowest BCUT2D eigenvalue weighted by atomic mass is 10.1. The van der Waals surface area contributed by atoms with E-state index in [9.17, 15) is 0 Å². The van der Waals surface area contributed by atoms with Gasteiger partial charge in [-0.15, -0.1) is 0 Å². The minimum atomic E-state index is 0.634. The average Bonchev–Trinajstić information content (AvgIpc) is 2.26. The molecule has 1 aromatic rings. The van der Waals surface area contributed by atoms with Crippen molar-refractivity contribution in [2.45, 2.75) is 32.1 Å². The molecule has 2 heteroatoms. The number of rotatable bonds is 6. The highest BCUT2D eigenvalue weighted by Crippen LogP contribution is 2.16. The van der Waals surface area contributed by atoms with Gasteiger partial charge in [0.05, 0.1) is 0 Å². The summed E-state index contributed by atoms with van der Waals surface area (Å²) in [7, 11) is 2.02. The van der Waals surface area contributed by atoms with E-state index in [1.165, 1.54) is 23.3 Å². The second-order valence-electron chi connectivity index (χ2n) is 3.96. The van der Waals surface area contributed by atoms with Crippen LogP contribution in [0.1, 0.15) is 24.5 Å². The maximum atomic E-state index is 3.26. The third kappa shape index (κ3) is 4.72. The van der Waals surface area contributed by atoms with Gasteiger partial charge in [-0.05, 0) is 44.2 Å². The van der Waals surface area contributed by atoms with Gasteiger partial charge in [0.15, 0.2) is 0 Å². The number of nitrogens with one attached hydrogen (secondary N) is 1. The zero-order valence-corrected chi connectivity index (χ0v) is 10.7. The Morgan fingerprint density at radius 2 is 2.07 bits per heavy atom. The Kier molecular flexibility index (Phi) is 5.81. The predicted octanol–water partition coefficient (Wildman–Crippen LogP) is 3.23. The fraction of sp³-hybridized carbons (Fsp3) is 0.538. The van der Waals surface area contributed by atoms with Crippen molar-refractivity contribution in [2.24, 2.45) is 0 Å². The fourth-order valence-corrected chi connectivity index (χ4v) is 2.57. The standard InChI is InChI=1S/C13H21NS/c1-11-6-4-5-7-13(11)10-15-9-8-12(2)14-3/h4-7,12,14H,8-10H2,1-3H3. The Bertz CT molecular complexity index is 286. The van der Waals surface area contributed by atoms with E-state index in [0.717, 1.165) is 5.75 Å². The maximum absolute atomic E-state index is 3.26. The van der Waals surface area contributed by atoms with Crippen molar-refractivity contribution in [3.8, 4) is 0 Å². The molecule has 0 amide bonds. The van der Waals surface area contributed by atoms with Gasteiger partial charge in [-0.25, -0.2) is 0 Å². The number of aryl methyl sites for hydroxylation is 1. The SMILES string of the molecule is CNC(C)CCSCc1ccccc1C. The van der Waals surface area contributed by atoms with E-state index in [1.54, 1.807) is 0 Å². The minimum absolute atomic E-state index is 0.634. The van der Waals surface area contributed by atoms with Crippen LogP contribution in [-0.4, -0.2) is 18.8 Å². The van der Waals surface area contributed by atoms with E-state index in [1.807, 2.05) is 18.8 Å². The van der Waals surface area contributed by atoms with Crippen LogP contribution in [0.25, 0.3) is 0 Å². The van der Waals surface area contributed by atoms with Crippen molar-refractivity contribution in [1.82, 2.24) is 5.32 Å². The van der Waals surface area contributed by atoms with E-state index < -0.39 is 0 Å². The second kappa shape index (κ2) is 6.91. The van der Waals surface area contributed by atoms with E-state index in [2.05, 4.69) is 43.4 Å². The summed E-state index contributed by atoms with van der Waals surface area (Å²) in [6, 6.07) is 9.27. The van der Waals surface area contributed by atoms with Crippen LogP contribution in [0.4, 0.5) is 0 Å². The third-order valence-corrected chi connectivity index (χ3v) is 3.75. The van der Waals surface area contributed by atoms with Crippen LogP contribution >= 0.6 is 11.8 Å². The summed E-state index contributed by atoms with van der Waals surface area (Å²) in [5.74, 6) is 2.37. The summed E-state index contributed by atoms with van der Waals surface area (Å²) < 4.78 is 0. The molecule has 0 aliphatic rings. The number of benzene rings is 1. The van der Waals surface area contributed by atoms with Gasteiger partial charge >= 0.3 is 0 Å². The van der Waals surface area contributed by atoms with Gasteiger partial charge in [-0.3, -0.25) is 0 Å². The van der Waals surface area contributed by atoms with Crippen molar-refractivity contribution < 1.29 is 0 Å². The first-order valence-electron chi connectivity index (χ1n) is 5.53. The van der Waals surface area contributed by atoms with Gasteiger partial charge < -0.3 is 5.32 Å². The predicted molar refractivity (Wildman–Crippen MR) is 70.5 cm³/mol. The molecule has 0 heterocycles. The van der Waals surface area contributed by atoms with Crippen molar-refractivity contribution in [3.63, 3.8) is 0 Å². The Hall–Kier alpha value is -0.470. The molecule has 1 N–H and O–H groups in total. The zero-order valence-electron chi connectivity index (χ0n) is 9.92. The van der Waals surface area contributed by atoms with Crippen LogP contribution < -0.4 is 5.32 Å². The normalized spacial score (nSPS) is 12.7. The van der Waals surface area contributed by atoms with Crippen molar-refractivity contribution in [3.05, 3.63) is 35.4 Å². The zero-order chi connectivity index (χ0) is 11.1. The lowest BCUT2D eigenvalue weighted by molar-refractivity contribution is 0.598. The molecule has 0 aliphatic carbocycles. The molecule has 0 aliphatic heterocycles. The molecule has 0 aromatic heterocycles. The summed E-state index contributed by atoms with van der Waals surface area (Å²) in [4.78, 5) is 0. The molecule has 15 heavy (non-hydrogen) atoms. The molecule has 1 rings (SSSR count). The summed E-state index contributed by atoms with van der Waals surface area (Å²) in [6.07, 6.45) is 1.24. The Morgan fingerprint density at radius 3 is 2.73 bits per heavy atom. The number of thioether (sulfide) groups is 1. The minimum Gasteiger partial charge on any atom is -0.317 e. The number of hydrogen-bond acceptors (Lipinski definition) is 2. The molecule has 1 nitrogen and oxygen atoms in total. The van der Waals surface area contributed by atoms with Crippen molar-refractivity contribution in [1.29, 1.82) is 0 Å². The Balaban J connectivity index is 2.23. The van der Waals surface area contributed by atoms with Gasteiger partial charge in [0, 0.05) is 11.8 Å². The van der Waals surface area contributed by atoms with Crippen molar-refractivity contribution in [2.75, 3.05) is 12.8 Å². The highest BCUT2D eigenvalue weighted by atomic mass is 32.2. The first-order valence-corrected chi connectivity index (χ1v) is 6.69. The molecular formula is C13H21NS. The topological polar surface area (TPSA) is 12.0 Å². The largest absolute Gasteiger partial charge is 0.317 e. The highest BCUT2D eigenvalue weighted by molar-refractivity contribution is 7.98. The molecule has 0 spiro atoms. The second-order valence-corrected chi connectivity index (χ2v) is 5.06. The molecule has 0 bridgehead atoms.